The van der Waals surface area contributed by atoms with Gasteiger partial charge in [0.05, 0.1) is 6.07 Å². The van der Waals surface area contributed by atoms with Crippen LogP contribution in [-0.2, 0) is 4.79 Å². The Morgan fingerprint density at radius 2 is 2.27 bits per heavy atom. The second-order valence-electron chi connectivity index (χ2n) is 3.79. The molecule has 0 unspecified atom stereocenters. The molecule has 1 aliphatic carbocycles. The summed E-state index contributed by atoms with van der Waals surface area (Å²) in [4.78, 5) is 11.7. The minimum Gasteiger partial charge on any atom is -0.298 e. The Bertz CT molecular complexity index is 431. The second kappa shape index (κ2) is 3.82. The first-order valence-electron chi connectivity index (χ1n) is 4.91. The third-order valence-electron chi connectivity index (χ3n) is 2.58. The summed E-state index contributed by atoms with van der Waals surface area (Å²) in [7, 11) is 0. The molecule has 1 aromatic rings. The molecule has 2 rings (SSSR count). The molecule has 1 aliphatic rings. The summed E-state index contributed by atoms with van der Waals surface area (Å²) in [5, 5.41) is 8.92. The van der Waals surface area contributed by atoms with Gasteiger partial charge in [-0.15, -0.1) is 0 Å². The maximum atomic E-state index is 12.9. The van der Waals surface area contributed by atoms with E-state index in [-0.39, 0.29) is 11.7 Å². The van der Waals surface area contributed by atoms with Gasteiger partial charge in [0.1, 0.15) is 11.7 Å². The van der Waals surface area contributed by atoms with E-state index in [1.807, 2.05) is 6.07 Å². The number of hydrogen-bond acceptors (Lipinski definition) is 2. The lowest BCUT2D eigenvalue weighted by Crippen LogP contribution is -2.12. The predicted octanol–water partition coefficient (Wildman–Crippen LogP) is 2.41. The molecule has 0 saturated heterocycles. The highest BCUT2D eigenvalue weighted by molar-refractivity contribution is 5.91. The van der Waals surface area contributed by atoms with Crippen LogP contribution in [0.25, 0.3) is 0 Å². The molecule has 1 aromatic carbocycles. The molecule has 1 fully saturated rings. The van der Waals surface area contributed by atoms with Crippen molar-refractivity contribution >= 4 is 5.78 Å². The van der Waals surface area contributed by atoms with Crippen molar-refractivity contribution in [1.82, 2.24) is 0 Å². The van der Waals surface area contributed by atoms with Gasteiger partial charge in [-0.2, -0.15) is 5.26 Å². The number of nitrogens with zero attached hydrogens (tertiary/aromatic N) is 1. The quantitative estimate of drug-likeness (QED) is 0.756. The highest BCUT2D eigenvalue weighted by atomic mass is 19.1. The molecular formula is C12H10FNO. The van der Waals surface area contributed by atoms with Crippen LogP contribution >= 0.6 is 0 Å². The first-order valence-corrected chi connectivity index (χ1v) is 4.91. The van der Waals surface area contributed by atoms with Crippen LogP contribution in [0.3, 0.4) is 0 Å². The van der Waals surface area contributed by atoms with Crippen molar-refractivity contribution in [1.29, 1.82) is 5.26 Å². The minimum atomic E-state index is -0.798. The smallest absolute Gasteiger partial charge is 0.157 e. The number of carbonyl (C=O) groups is 1. The van der Waals surface area contributed by atoms with Crippen LogP contribution in [0, 0.1) is 23.1 Å². The zero-order valence-electron chi connectivity index (χ0n) is 8.11. The topological polar surface area (TPSA) is 40.9 Å². The van der Waals surface area contributed by atoms with Gasteiger partial charge in [0.25, 0.3) is 0 Å². The van der Waals surface area contributed by atoms with Crippen LogP contribution in [0.2, 0.25) is 0 Å². The molecule has 76 valence electrons. The van der Waals surface area contributed by atoms with E-state index in [1.165, 1.54) is 18.2 Å². The number of hydrogen-bond donors (Lipinski definition) is 0. The predicted molar refractivity (Wildman–Crippen MR) is 52.5 cm³/mol. The van der Waals surface area contributed by atoms with Crippen molar-refractivity contribution in [2.24, 2.45) is 5.92 Å². The Morgan fingerprint density at radius 1 is 1.53 bits per heavy atom. The highest BCUT2D eigenvalue weighted by Gasteiger charge is 2.35. The van der Waals surface area contributed by atoms with Crippen LogP contribution in [0.4, 0.5) is 4.39 Å². The molecule has 15 heavy (non-hydrogen) atoms. The molecular weight excluding hydrogens is 193 g/mol. The van der Waals surface area contributed by atoms with E-state index in [1.54, 1.807) is 6.07 Å². The monoisotopic (exact) mass is 203 g/mol. The van der Waals surface area contributed by atoms with Crippen molar-refractivity contribution in [2.75, 3.05) is 0 Å². The van der Waals surface area contributed by atoms with Crippen molar-refractivity contribution in [2.45, 2.75) is 18.8 Å². The zero-order chi connectivity index (χ0) is 10.8. The molecule has 0 radical (unpaired) electrons. The van der Waals surface area contributed by atoms with E-state index in [2.05, 4.69) is 0 Å². The molecule has 0 spiro atoms. The van der Waals surface area contributed by atoms with E-state index in [0.717, 1.165) is 12.8 Å². The zero-order valence-corrected chi connectivity index (χ0v) is 8.11. The third kappa shape index (κ3) is 2.04. The molecule has 0 heterocycles. The average molecular weight is 203 g/mol. The van der Waals surface area contributed by atoms with Crippen molar-refractivity contribution in [3.05, 3.63) is 35.6 Å². The Kier molecular flexibility index (Phi) is 2.51. The number of carbonyl (C=O) groups excluding carboxylic acids is 1. The van der Waals surface area contributed by atoms with Gasteiger partial charge in [0.15, 0.2) is 5.78 Å². The van der Waals surface area contributed by atoms with Gasteiger partial charge >= 0.3 is 0 Å². The fraction of sp³-hybridized carbons (Fsp3) is 0.333. The lowest BCUT2D eigenvalue weighted by Gasteiger charge is -2.07. The van der Waals surface area contributed by atoms with E-state index < -0.39 is 11.7 Å². The summed E-state index contributed by atoms with van der Waals surface area (Å²) < 4.78 is 12.9. The SMILES string of the molecule is N#C[C@@H](C(=O)C1CC1)c1cccc(F)c1. The van der Waals surface area contributed by atoms with E-state index in [9.17, 15) is 9.18 Å². The van der Waals surface area contributed by atoms with Gasteiger partial charge in [0.2, 0.25) is 0 Å². The summed E-state index contributed by atoms with van der Waals surface area (Å²) in [6, 6.07) is 7.66. The highest BCUT2D eigenvalue weighted by Crippen LogP contribution is 2.35. The van der Waals surface area contributed by atoms with Crippen molar-refractivity contribution in [3.63, 3.8) is 0 Å². The largest absolute Gasteiger partial charge is 0.298 e. The summed E-state index contributed by atoms with van der Waals surface area (Å²) in [5.74, 6) is -1.24. The van der Waals surface area contributed by atoms with Crippen LogP contribution in [0.5, 0.6) is 0 Å². The van der Waals surface area contributed by atoms with E-state index in [4.69, 9.17) is 5.26 Å². The average Bonchev–Trinajstić information content (AvgIpc) is 3.02. The number of rotatable bonds is 3. The van der Waals surface area contributed by atoms with E-state index >= 15 is 0 Å². The lowest BCUT2D eigenvalue weighted by molar-refractivity contribution is -0.120. The van der Waals surface area contributed by atoms with Gasteiger partial charge in [0, 0.05) is 5.92 Å². The summed E-state index contributed by atoms with van der Waals surface area (Å²) >= 11 is 0. The Hall–Kier alpha value is -1.69. The number of nitriles is 1. The second-order valence-corrected chi connectivity index (χ2v) is 3.79. The summed E-state index contributed by atoms with van der Waals surface area (Å²) in [6.45, 7) is 0. The van der Waals surface area contributed by atoms with Gasteiger partial charge < -0.3 is 0 Å². The maximum Gasteiger partial charge on any atom is 0.157 e. The molecule has 1 atom stereocenters. The van der Waals surface area contributed by atoms with Crippen LogP contribution in [0.1, 0.15) is 24.3 Å². The van der Waals surface area contributed by atoms with Crippen molar-refractivity contribution < 1.29 is 9.18 Å². The Morgan fingerprint density at radius 3 is 2.80 bits per heavy atom. The molecule has 2 nitrogen and oxygen atoms in total. The molecule has 1 saturated carbocycles. The molecule has 3 heteroatoms. The van der Waals surface area contributed by atoms with Crippen LogP contribution < -0.4 is 0 Å². The summed E-state index contributed by atoms with van der Waals surface area (Å²) in [6.07, 6.45) is 1.73. The molecule has 0 aliphatic heterocycles. The van der Waals surface area contributed by atoms with Gasteiger partial charge in [-0.1, -0.05) is 12.1 Å². The number of ketones is 1. The van der Waals surface area contributed by atoms with Gasteiger partial charge in [-0.3, -0.25) is 4.79 Å². The van der Waals surface area contributed by atoms with Crippen LogP contribution in [-0.4, -0.2) is 5.78 Å². The fourth-order valence-electron chi connectivity index (χ4n) is 1.59. The lowest BCUT2D eigenvalue weighted by atomic mass is 9.93. The fourth-order valence-corrected chi connectivity index (χ4v) is 1.59. The molecule has 0 aromatic heterocycles. The van der Waals surface area contributed by atoms with Crippen molar-refractivity contribution in [3.8, 4) is 6.07 Å². The van der Waals surface area contributed by atoms with Crippen LogP contribution in [0.15, 0.2) is 24.3 Å². The Labute approximate surface area is 87.3 Å². The van der Waals surface area contributed by atoms with E-state index in [0.29, 0.717) is 5.56 Å². The van der Waals surface area contributed by atoms with Gasteiger partial charge in [-0.25, -0.2) is 4.39 Å². The number of halogens is 1. The standard InChI is InChI=1S/C12H10FNO/c13-10-3-1-2-9(6-10)11(7-14)12(15)8-4-5-8/h1-3,6,8,11H,4-5H2/t11-/m1/s1. The minimum absolute atomic E-state index is 0.0258. The molecule has 0 amide bonds. The number of Topliss-reactive ketones (excluding diaryl/α,β-unsaturated/α-hetero) is 1. The number of benzene rings is 1. The molecule has 0 N–H and O–H groups in total. The Balaban J connectivity index is 2.26. The third-order valence-corrected chi connectivity index (χ3v) is 2.58. The summed E-state index contributed by atoms with van der Waals surface area (Å²) in [5.41, 5.74) is 0.467. The first-order chi connectivity index (χ1) is 7.22. The first kappa shape index (κ1) is 9.85. The normalized spacial score (nSPS) is 16.8. The molecule has 0 bridgehead atoms. The van der Waals surface area contributed by atoms with Gasteiger partial charge in [-0.05, 0) is 30.5 Å². The maximum absolute atomic E-state index is 12.9.